The highest BCUT2D eigenvalue weighted by molar-refractivity contribution is 7.12. The first-order valence-electron chi connectivity index (χ1n) is 4.60. The third-order valence-corrected chi connectivity index (χ3v) is 3.36. The van der Waals surface area contributed by atoms with Crippen LogP contribution in [0.15, 0.2) is 23.6 Å². The molecule has 0 aliphatic rings. The van der Waals surface area contributed by atoms with Crippen LogP contribution in [0.3, 0.4) is 0 Å². The first-order valence-corrected chi connectivity index (χ1v) is 5.86. The summed E-state index contributed by atoms with van der Waals surface area (Å²) in [5.74, 6) is -0.513. The highest BCUT2D eigenvalue weighted by Gasteiger charge is 2.12. The van der Waals surface area contributed by atoms with Gasteiger partial charge in [0.1, 0.15) is 0 Å². The molecular formula is C11H9ClN2OS. The van der Waals surface area contributed by atoms with Crippen molar-refractivity contribution >= 4 is 28.8 Å². The van der Waals surface area contributed by atoms with Gasteiger partial charge in [0, 0.05) is 10.9 Å². The molecule has 2 rings (SSSR count). The van der Waals surface area contributed by atoms with Crippen LogP contribution in [0, 0.1) is 6.92 Å². The number of hydrogen-bond acceptors (Lipinski definition) is 3. The minimum atomic E-state index is -0.513. The number of nitrogens with zero attached hydrogens (tertiary/aromatic N) is 1. The number of carbonyl (C=O) groups excluding carboxylic acids is 1. The molecule has 16 heavy (non-hydrogen) atoms. The first-order chi connectivity index (χ1) is 7.59. The van der Waals surface area contributed by atoms with Gasteiger partial charge in [-0.2, -0.15) is 0 Å². The van der Waals surface area contributed by atoms with Gasteiger partial charge in [-0.3, -0.25) is 4.79 Å². The van der Waals surface area contributed by atoms with E-state index >= 15 is 0 Å². The zero-order valence-corrected chi connectivity index (χ0v) is 10.1. The van der Waals surface area contributed by atoms with Crippen molar-refractivity contribution in [1.82, 2.24) is 4.98 Å². The standard InChI is InChI=1S/C11H9ClN2OS/c1-6-3-2-4-7(12)9(6)8-5-16-11(14-8)10(13)15/h2-5H,1H3,(H2,13,15). The molecular weight excluding hydrogens is 244 g/mol. The van der Waals surface area contributed by atoms with E-state index in [1.807, 2.05) is 19.1 Å². The number of amides is 1. The maximum Gasteiger partial charge on any atom is 0.277 e. The molecule has 2 aromatic rings. The molecule has 1 aromatic heterocycles. The normalized spacial score (nSPS) is 10.4. The summed E-state index contributed by atoms with van der Waals surface area (Å²) in [5.41, 5.74) is 7.73. The summed E-state index contributed by atoms with van der Waals surface area (Å²) in [7, 11) is 0. The van der Waals surface area contributed by atoms with Crippen LogP contribution in [0.4, 0.5) is 0 Å². The number of hydrogen-bond donors (Lipinski definition) is 1. The van der Waals surface area contributed by atoms with Crippen molar-refractivity contribution in [3.63, 3.8) is 0 Å². The molecule has 0 aliphatic carbocycles. The molecule has 0 saturated heterocycles. The molecule has 2 N–H and O–H groups in total. The molecule has 0 unspecified atom stereocenters. The molecule has 0 aliphatic heterocycles. The minimum absolute atomic E-state index is 0.300. The summed E-state index contributed by atoms with van der Waals surface area (Å²) in [6, 6.07) is 5.63. The summed E-state index contributed by atoms with van der Waals surface area (Å²) in [4.78, 5) is 15.1. The van der Waals surface area contributed by atoms with Crippen LogP contribution in [0.1, 0.15) is 15.4 Å². The number of primary amides is 1. The van der Waals surface area contributed by atoms with Crippen molar-refractivity contribution in [3.05, 3.63) is 39.2 Å². The van der Waals surface area contributed by atoms with Crippen LogP contribution in [0.25, 0.3) is 11.3 Å². The minimum Gasteiger partial charge on any atom is -0.364 e. The molecule has 0 radical (unpaired) electrons. The fourth-order valence-corrected chi connectivity index (χ4v) is 2.44. The van der Waals surface area contributed by atoms with Gasteiger partial charge in [0.05, 0.1) is 10.7 Å². The van der Waals surface area contributed by atoms with Gasteiger partial charge in [-0.15, -0.1) is 11.3 Å². The monoisotopic (exact) mass is 252 g/mol. The summed E-state index contributed by atoms with van der Waals surface area (Å²) in [6.07, 6.45) is 0. The maximum absolute atomic E-state index is 11.0. The molecule has 0 bridgehead atoms. The quantitative estimate of drug-likeness (QED) is 0.894. The van der Waals surface area contributed by atoms with Gasteiger partial charge >= 0.3 is 0 Å². The van der Waals surface area contributed by atoms with Gasteiger partial charge in [0.15, 0.2) is 5.01 Å². The molecule has 1 amide bonds. The Bertz CT molecular complexity index is 530. The molecule has 0 fully saturated rings. The van der Waals surface area contributed by atoms with E-state index in [9.17, 15) is 4.79 Å². The van der Waals surface area contributed by atoms with Crippen LogP contribution >= 0.6 is 22.9 Å². The number of halogens is 1. The lowest BCUT2D eigenvalue weighted by atomic mass is 10.1. The maximum atomic E-state index is 11.0. The van der Waals surface area contributed by atoms with E-state index in [0.717, 1.165) is 11.1 Å². The van der Waals surface area contributed by atoms with E-state index < -0.39 is 5.91 Å². The Hall–Kier alpha value is -1.39. The van der Waals surface area contributed by atoms with E-state index in [1.54, 1.807) is 11.4 Å². The van der Waals surface area contributed by atoms with Crippen LogP contribution in [0.5, 0.6) is 0 Å². The molecule has 0 saturated carbocycles. The molecule has 0 spiro atoms. The van der Waals surface area contributed by atoms with E-state index in [1.165, 1.54) is 11.3 Å². The van der Waals surface area contributed by atoms with Crippen LogP contribution in [-0.2, 0) is 0 Å². The van der Waals surface area contributed by atoms with E-state index in [4.69, 9.17) is 17.3 Å². The summed E-state index contributed by atoms with van der Waals surface area (Å²) in [6.45, 7) is 1.95. The summed E-state index contributed by atoms with van der Waals surface area (Å²) < 4.78 is 0. The van der Waals surface area contributed by atoms with Crippen molar-refractivity contribution in [1.29, 1.82) is 0 Å². The molecule has 5 heteroatoms. The lowest BCUT2D eigenvalue weighted by molar-refractivity contribution is 0.1000. The lowest BCUT2D eigenvalue weighted by Crippen LogP contribution is -2.10. The molecule has 0 atom stereocenters. The Kier molecular flexibility index (Phi) is 2.94. The number of aromatic nitrogens is 1. The summed E-state index contributed by atoms with van der Waals surface area (Å²) in [5, 5.41) is 2.71. The van der Waals surface area contributed by atoms with Crippen molar-refractivity contribution in [3.8, 4) is 11.3 Å². The van der Waals surface area contributed by atoms with Crippen LogP contribution in [0.2, 0.25) is 5.02 Å². The average Bonchev–Trinajstić information content (AvgIpc) is 2.66. The van der Waals surface area contributed by atoms with Crippen molar-refractivity contribution in [2.75, 3.05) is 0 Å². The fourth-order valence-electron chi connectivity index (χ4n) is 1.46. The van der Waals surface area contributed by atoms with Crippen molar-refractivity contribution in [2.24, 2.45) is 5.73 Å². The predicted molar refractivity (Wildman–Crippen MR) is 65.8 cm³/mol. The summed E-state index contributed by atoms with van der Waals surface area (Å²) >= 11 is 7.33. The number of benzene rings is 1. The predicted octanol–water partition coefficient (Wildman–Crippen LogP) is 2.87. The average molecular weight is 253 g/mol. The van der Waals surface area contributed by atoms with Gasteiger partial charge < -0.3 is 5.73 Å². The van der Waals surface area contributed by atoms with E-state index in [0.29, 0.717) is 15.7 Å². The Balaban J connectivity index is 2.54. The Labute approximate surface area is 102 Å². The Morgan fingerprint density at radius 2 is 2.25 bits per heavy atom. The number of rotatable bonds is 2. The highest BCUT2D eigenvalue weighted by atomic mass is 35.5. The smallest absolute Gasteiger partial charge is 0.277 e. The first kappa shape index (κ1) is 11.1. The largest absolute Gasteiger partial charge is 0.364 e. The third-order valence-electron chi connectivity index (χ3n) is 2.19. The number of aryl methyl sites for hydroxylation is 1. The zero-order chi connectivity index (χ0) is 11.7. The molecule has 1 heterocycles. The van der Waals surface area contributed by atoms with Gasteiger partial charge in [0.25, 0.3) is 5.91 Å². The second kappa shape index (κ2) is 4.23. The molecule has 1 aromatic carbocycles. The molecule has 3 nitrogen and oxygen atoms in total. The third kappa shape index (κ3) is 1.94. The zero-order valence-electron chi connectivity index (χ0n) is 8.53. The SMILES string of the molecule is Cc1cccc(Cl)c1-c1csc(C(N)=O)n1. The van der Waals surface area contributed by atoms with E-state index in [-0.39, 0.29) is 0 Å². The van der Waals surface area contributed by atoms with Crippen molar-refractivity contribution < 1.29 is 4.79 Å². The van der Waals surface area contributed by atoms with Crippen LogP contribution in [-0.4, -0.2) is 10.9 Å². The topological polar surface area (TPSA) is 56.0 Å². The Morgan fingerprint density at radius 3 is 2.81 bits per heavy atom. The number of thiazole rings is 1. The number of carbonyl (C=O) groups is 1. The fraction of sp³-hybridized carbons (Fsp3) is 0.0909. The van der Waals surface area contributed by atoms with Gasteiger partial charge in [-0.1, -0.05) is 23.7 Å². The van der Waals surface area contributed by atoms with E-state index in [2.05, 4.69) is 4.98 Å². The number of nitrogens with two attached hydrogens (primary N) is 1. The van der Waals surface area contributed by atoms with Gasteiger partial charge in [-0.05, 0) is 18.6 Å². The van der Waals surface area contributed by atoms with Gasteiger partial charge in [0.2, 0.25) is 0 Å². The lowest BCUT2D eigenvalue weighted by Gasteiger charge is -2.04. The van der Waals surface area contributed by atoms with Gasteiger partial charge in [-0.25, -0.2) is 4.98 Å². The second-order valence-corrected chi connectivity index (χ2v) is 4.60. The molecule has 82 valence electrons. The Morgan fingerprint density at radius 1 is 1.50 bits per heavy atom. The highest BCUT2D eigenvalue weighted by Crippen LogP contribution is 2.31. The van der Waals surface area contributed by atoms with Crippen molar-refractivity contribution in [2.45, 2.75) is 6.92 Å². The van der Waals surface area contributed by atoms with Crippen LogP contribution < -0.4 is 5.73 Å². The second-order valence-electron chi connectivity index (χ2n) is 3.33.